The summed E-state index contributed by atoms with van der Waals surface area (Å²) in [6.07, 6.45) is 2.12. The van der Waals surface area contributed by atoms with Crippen molar-refractivity contribution in [3.8, 4) is 0 Å². The molecule has 0 unspecified atom stereocenters. The van der Waals surface area contributed by atoms with Crippen molar-refractivity contribution >= 4 is 23.5 Å². The van der Waals surface area contributed by atoms with Gasteiger partial charge in [-0.05, 0) is 36.9 Å². The second-order valence-corrected chi connectivity index (χ2v) is 6.30. The summed E-state index contributed by atoms with van der Waals surface area (Å²) in [7, 11) is 0. The monoisotopic (exact) mass is 346 g/mol. The van der Waals surface area contributed by atoms with Gasteiger partial charge in [0.15, 0.2) is 0 Å². The quantitative estimate of drug-likeness (QED) is 0.838. The van der Waals surface area contributed by atoms with Gasteiger partial charge in [0.1, 0.15) is 0 Å². The minimum atomic E-state index is 0.213. The molecule has 1 aromatic carbocycles. The van der Waals surface area contributed by atoms with Crippen LogP contribution in [0.1, 0.15) is 25.3 Å². The summed E-state index contributed by atoms with van der Waals surface area (Å²) in [6.45, 7) is 5.87. The van der Waals surface area contributed by atoms with Gasteiger partial charge in [-0.3, -0.25) is 4.90 Å². The van der Waals surface area contributed by atoms with E-state index < -0.39 is 0 Å². The maximum Gasteiger partial charge on any atom is 0.229 e. The van der Waals surface area contributed by atoms with Crippen LogP contribution in [0.15, 0.2) is 30.3 Å². The lowest BCUT2D eigenvalue weighted by molar-refractivity contribution is 0.211. The zero-order valence-electron chi connectivity index (χ0n) is 13.9. The highest BCUT2D eigenvalue weighted by Gasteiger charge is 2.20. The maximum absolute atomic E-state index is 5.97. The van der Waals surface area contributed by atoms with Crippen molar-refractivity contribution in [2.45, 2.75) is 32.4 Å². The van der Waals surface area contributed by atoms with Crippen LogP contribution >= 0.6 is 11.6 Å². The molecule has 1 saturated heterocycles. The molecule has 0 spiro atoms. The fourth-order valence-corrected chi connectivity index (χ4v) is 3.07. The number of hydrogen-bond donors (Lipinski definition) is 2. The summed E-state index contributed by atoms with van der Waals surface area (Å²) in [5.74, 6) is 1.06. The number of rotatable bonds is 6. The van der Waals surface area contributed by atoms with Gasteiger partial charge in [-0.2, -0.15) is 15.0 Å². The first-order valence-corrected chi connectivity index (χ1v) is 8.79. The van der Waals surface area contributed by atoms with Gasteiger partial charge in [-0.1, -0.05) is 30.3 Å². The molecule has 0 bridgehead atoms. The highest BCUT2D eigenvalue weighted by molar-refractivity contribution is 6.28. The van der Waals surface area contributed by atoms with Crippen molar-refractivity contribution in [3.63, 3.8) is 0 Å². The van der Waals surface area contributed by atoms with Crippen LogP contribution in [0.25, 0.3) is 0 Å². The molecule has 128 valence electrons. The van der Waals surface area contributed by atoms with E-state index in [1.165, 1.54) is 5.56 Å². The third-order valence-corrected chi connectivity index (χ3v) is 4.28. The number of halogens is 1. The first-order chi connectivity index (χ1) is 11.7. The van der Waals surface area contributed by atoms with Gasteiger partial charge < -0.3 is 10.6 Å². The number of anilines is 2. The smallest absolute Gasteiger partial charge is 0.229 e. The Morgan fingerprint density at radius 2 is 1.79 bits per heavy atom. The normalized spacial score (nSPS) is 16.1. The Balaban J connectivity index is 1.52. The van der Waals surface area contributed by atoms with Crippen LogP contribution in [0.4, 0.5) is 11.9 Å². The van der Waals surface area contributed by atoms with Gasteiger partial charge in [0.2, 0.25) is 17.2 Å². The van der Waals surface area contributed by atoms with E-state index in [2.05, 4.69) is 60.8 Å². The zero-order valence-corrected chi connectivity index (χ0v) is 14.6. The molecule has 2 heterocycles. The maximum atomic E-state index is 5.97. The Labute approximate surface area is 147 Å². The molecule has 0 radical (unpaired) electrons. The fourth-order valence-electron chi connectivity index (χ4n) is 2.91. The average molecular weight is 347 g/mol. The predicted molar refractivity (Wildman–Crippen MR) is 97.4 cm³/mol. The molecule has 1 fully saturated rings. The molecule has 7 heteroatoms. The molecule has 6 nitrogen and oxygen atoms in total. The number of likely N-dealkylation sites (tertiary alicyclic amines) is 1. The molecule has 0 amide bonds. The number of hydrogen-bond acceptors (Lipinski definition) is 6. The standard InChI is InChI=1S/C17H23ClN6/c1-2-19-16-21-15(18)22-17(23-16)20-14-8-10-24(11-9-14)12-13-6-4-3-5-7-13/h3-7,14H,2,8-12H2,1H3,(H2,19,20,21,22,23). The molecule has 0 saturated carbocycles. The minimum Gasteiger partial charge on any atom is -0.354 e. The van der Waals surface area contributed by atoms with E-state index in [0.717, 1.165) is 39.0 Å². The fraction of sp³-hybridized carbons (Fsp3) is 0.471. The average Bonchev–Trinajstić information content (AvgIpc) is 2.57. The lowest BCUT2D eigenvalue weighted by atomic mass is 10.0. The van der Waals surface area contributed by atoms with E-state index in [4.69, 9.17) is 11.6 Å². The van der Waals surface area contributed by atoms with E-state index in [9.17, 15) is 0 Å². The minimum absolute atomic E-state index is 0.213. The Morgan fingerprint density at radius 3 is 2.50 bits per heavy atom. The largest absolute Gasteiger partial charge is 0.354 e. The molecule has 1 aromatic heterocycles. The van der Waals surface area contributed by atoms with E-state index in [-0.39, 0.29) is 5.28 Å². The van der Waals surface area contributed by atoms with Gasteiger partial charge in [0, 0.05) is 32.2 Å². The summed E-state index contributed by atoms with van der Waals surface area (Å²) in [5, 5.41) is 6.67. The lowest BCUT2D eigenvalue weighted by Gasteiger charge is -2.32. The number of aromatic nitrogens is 3. The molecule has 1 aliphatic rings. The number of nitrogens with one attached hydrogen (secondary N) is 2. The lowest BCUT2D eigenvalue weighted by Crippen LogP contribution is -2.39. The molecule has 2 N–H and O–H groups in total. The van der Waals surface area contributed by atoms with Gasteiger partial charge >= 0.3 is 0 Å². The van der Waals surface area contributed by atoms with E-state index in [0.29, 0.717) is 17.9 Å². The van der Waals surface area contributed by atoms with Crippen LogP contribution in [0.3, 0.4) is 0 Å². The molecular formula is C17H23ClN6. The first-order valence-electron chi connectivity index (χ1n) is 8.41. The number of piperidine rings is 1. The summed E-state index contributed by atoms with van der Waals surface area (Å²) >= 11 is 5.97. The highest BCUT2D eigenvalue weighted by Crippen LogP contribution is 2.18. The Hall–Kier alpha value is -1.92. The molecule has 24 heavy (non-hydrogen) atoms. The van der Waals surface area contributed by atoms with Crippen molar-refractivity contribution in [3.05, 3.63) is 41.2 Å². The molecule has 0 atom stereocenters. The van der Waals surface area contributed by atoms with Gasteiger partial charge in [-0.15, -0.1) is 0 Å². The third kappa shape index (κ3) is 4.79. The predicted octanol–water partition coefficient (Wildman–Crippen LogP) is 3.03. The van der Waals surface area contributed by atoms with E-state index >= 15 is 0 Å². The van der Waals surface area contributed by atoms with Crippen LogP contribution in [-0.2, 0) is 6.54 Å². The highest BCUT2D eigenvalue weighted by atomic mass is 35.5. The van der Waals surface area contributed by atoms with Crippen LogP contribution in [0.2, 0.25) is 5.28 Å². The second kappa shape index (κ2) is 8.26. The summed E-state index contributed by atoms with van der Waals surface area (Å²) < 4.78 is 0. The molecule has 3 rings (SSSR count). The van der Waals surface area contributed by atoms with E-state index in [1.807, 2.05) is 6.92 Å². The summed E-state index contributed by atoms with van der Waals surface area (Å²) in [6, 6.07) is 11.0. The molecular weight excluding hydrogens is 324 g/mol. The Kier molecular flexibility index (Phi) is 5.82. The Morgan fingerprint density at radius 1 is 1.08 bits per heavy atom. The van der Waals surface area contributed by atoms with Crippen LogP contribution in [0, 0.1) is 0 Å². The molecule has 0 aliphatic carbocycles. The van der Waals surface area contributed by atoms with Crippen molar-refractivity contribution in [1.29, 1.82) is 0 Å². The van der Waals surface area contributed by atoms with Crippen molar-refractivity contribution in [1.82, 2.24) is 19.9 Å². The van der Waals surface area contributed by atoms with Crippen molar-refractivity contribution < 1.29 is 0 Å². The Bertz CT molecular complexity index is 643. The number of benzene rings is 1. The second-order valence-electron chi connectivity index (χ2n) is 5.96. The molecule has 2 aromatic rings. The van der Waals surface area contributed by atoms with Crippen molar-refractivity contribution in [2.24, 2.45) is 0 Å². The van der Waals surface area contributed by atoms with Crippen LogP contribution in [-0.4, -0.2) is 45.5 Å². The third-order valence-electron chi connectivity index (χ3n) is 4.11. The van der Waals surface area contributed by atoms with Crippen molar-refractivity contribution in [2.75, 3.05) is 30.3 Å². The number of nitrogens with zero attached hydrogens (tertiary/aromatic N) is 4. The van der Waals surface area contributed by atoms with Gasteiger partial charge in [0.25, 0.3) is 0 Å². The van der Waals surface area contributed by atoms with E-state index in [1.54, 1.807) is 0 Å². The topological polar surface area (TPSA) is 66.0 Å². The summed E-state index contributed by atoms with van der Waals surface area (Å²) in [4.78, 5) is 15.1. The van der Waals surface area contributed by atoms with Gasteiger partial charge in [-0.25, -0.2) is 0 Å². The molecule has 1 aliphatic heterocycles. The van der Waals surface area contributed by atoms with Crippen LogP contribution in [0.5, 0.6) is 0 Å². The summed E-state index contributed by atoms with van der Waals surface area (Å²) in [5.41, 5.74) is 1.36. The zero-order chi connectivity index (χ0) is 16.8. The van der Waals surface area contributed by atoms with Gasteiger partial charge in [0.05, 0.1) is 0 Å². The van der Waals surface area contributed by atoms with Crippen LogP contribution < -0.4 is 10.6 Å². The first kappa shape index (κ1) is 16.9. The SMILES string of the molecule is CCNc1nc(Cl)nc(NC2CCN(Cc3ccccc3)CC2)n1.